The first-order valence-corrected chi connectivity index (χ1v) is 14.7. The number of carbonyl (C=O) groups excluding carboxylic acids is 1. The van der Waals surface area contributed by atoms with E-state index in [0.717, 1.165) is 54.1 Å². The van der Waals surface area contributed by atoms with E-state index in [4.69, 9.17) is 23.7 Å². The Hall–Kier alpha value is -3.43. The molecule has 3 aromatic carbocycles. The molecule has 0 saturated carbocycles. The van der Waals surface area contributed by atoms with Crippen molar-refractivity contribution in [2.45, 2.75) is 45.0 Å². The third-order valence-corrected chi connectivity index (χ3v) is 7.49. The number of piperidine rings is 1. The zero-order valence-corrected chi connectivity index (χ0v) is 25.0. The topological polar surface area (TPSA) is 87.3 Å². The summed E-state index contributed by atoms with van der Waals surface area (Å²) in [5.74, 6) is 1.89. The highest BCUT2D eigenvalue weighted by Crippen LogP contribution is 2.30. The van der Waals surface area contributed by atoms with E-state index in [-0.39, 0.29) is 17.9 Å². The molecular weight excluding hydrogens is 532 g/mol. The van der Waals surface area contributed by atoms with Gasteiger partial charge in [-0.25, -0.2) is 0 Å². The Morgan fingerprint density at radius 1 is 0.976 bits per heavy atom. The number of carbonyl (C=O) groups is 1. The molecule has 8 heteroatoms. The number of hydrogen-bond donors (Lipinski definition) is 2. The van der Waals surface area contributed by atoms with Crippen LogP contribution in [0.4, 0.5) is 0 Å². The van der Waals surface area contributed by atoms with Crippen LogP contribution in [-0.4, -0.2) is 65.7 Å². The number of methoxy groups -OCH3 is 2. The van der Waals surface area contributed by atoms with Gasteiger partial charge in [-0.2, -0.15) is 0 Å². The molecule has 2 atom stereocenters. The second-order valence-corrected chi connectivity index (χ2v) is 10.5. The first-order valence-electron chi connectivity index (χ1n) is 14.7. The average molecular weight is 577 g/mol. The third kappa shape index (κ3) is 9.29. The van der Waals surface area contributed by atoms with E-state index in [1.807, 2.05) is 61.5 Å². The second-order valence-electron chi connectivity index (χ2n) is 10.5. The number of nitrogens with one attached hydrogen (secondary N) is 2. The molecule has 0 aromatic heterocycles. The van der Waals surface area contributed by atoms with Gasteiger partial charge in [-0.1, -0.05) is 42.5 Å². The zero-order valence-electron chi connectivity index (χ0n) is 25.0. The van der Waals surface area contributed by atoms with Gasteiger partial charge in [0.05, 0.1) is 46.2 Å². The molecular formula is C34H44N2O6. The number of ether oxygens (including phenoxy) is 5. The predicted molar refractivity (Wildman–Crippen MR) is 163 cm³/mol. The quantitative estimate of drug-likeness (QED) is 0.231. The normalized spacial score (nSPS) is 16.6. The first-order chi connectivity index (χ1) is 20.6. The van der Waals surface area contributed by atoms with Crippen LogP contribution in [0.2, 0.25) is 0 Å². The van der Waals surface area contributed by atoms with Gasteiger partial charge in [0.1, 0.15) is 11.5 Å². The maximum Gasteiger partial charge on any atom is 0.251 e. The number of benzene rings is 3. The van der Waals surface area contributed by atoms with Crippen molar-refractivity contribution >= 4 is 5.91 Å². The van der Waals surface area contributed by atoms with Crippen LogP contribution in [0.15, 0.2) is 66.7 Å². The lowest BCUT2D eigenvalue weighted by Crippen LogP contribution is -2.41. The predicted octanol–water partition coefficient (Wildman–Crippen LogP) is 5.03. The average Bonchev–Trinajstić information content (AvgIpc) is 3.03. The van der Waals surface area contributed by atoms with Crippen molar-refractivity contribution in [3.63, 3.8) is 0 Å². The van der Waals surface area contributed by atoms with E-state index in [2.05, 4.69) is 22.8 Å². The van der Waals surface area contributed by atoms with E-state index in [1.54, 1.807) is 14.2 Å². The summed E-state index contributed by atoms with van der Waals surface area (Å²) in [4.78, 5) is 12.6. The molecule has 0 aliphatic carbocycles. The van der Waals surface area contributed by atoms with Crippen molar-refractivity contribution in [2.24, 2.45) is 0 Å². The van der Waals surface area contributed by atoms with Crippen LogP contribution >= 0.6 is 0 Å². The van der Waals surface area contributed by atoms with Crippen molar-refractivity contribution in [3.8, 4) is 11.5 Å². The SMILES string of the molecule is COCCNC(=O)c1cc(CO[C@H]2CNCC[C@@H]2c2ccc(OCCCOCc3ccccc3OC)cc2)ccc1C. The van der Waals surface area contributed by atoms with Crippen LogP contribution in [-0.2, 0) is 27.4 Å². The highest BCUT2D eigenvalue weighted by molar-refractivity contribution is 5.95. The Kier molecular flexibility index (Phi) is 12.7. The van der Waals surface area contributed by atoms with Gasteiger partial charge in [0.15, 0.2) is 0 Å². The molecule has 8 nitrogen and oxygen atoms in total. The molecule has 0 spiro atoms. The van der Waals surface area contributed by atoms with Crippen molar-refractivity contribution in [3.05, 3.63) is 94.5 Å². The summed E-state index contributed by atoms with van der Waals surface area (Å²) in [5.41, 5.74) is 4.88. The molecule has 3 aromatic rings. The Labute approximate surface area is 249 Å². The number of aryl methyl sites for hydroxylation is 1. The van der Waals surface area contributed by atoms with E-state index in [0.29, 0.717) is 45.1 Å². The van der Waals surface area contributed by atoms with Gasteiger partial charge in [0.2, 0.25) is 0 Å². The molecule has 1 amide bonds. The Bertz CT molecular complexity index is 1250. The van der Waals surface area contributed by atoms with E-state index < -0.39 is 0 Å². The molecule has 0 bridgehead atoms. The number of amides is 1. The fourth-order valence-electron chi connectivity index (χ4n) is 5.12. The summed E-state index contributed by atoms with van der Waals surface area (Å²) in [5, 5.41) is 6.37. The first kappa shape index (κ1) is 31.5. The van der Waals surface area contributed by atoms with Crippen LogP contribution in [0, 0.1) is 6.92 Å². The Morgan fingerprint density at radius 2 is 1.81 bits per heavy atom. The van der Waals surface area contributed by atoms with Crippen molar-refractivity contribution in [1.29, 1.82) is 0 Å². The summed E-state index contributed by atoms with van der Waals surface area (Å²) >= 11 is 0. The smallest absolute Gasteiger partial charge is 0.251 e. The van der Waals surface area contributed by atoms with Crippen molar-refractivity contribution < 1.29 is 28.5 Å². The van der Waals surface area contributed by atoms with Crippen molar-refractivity contribution in [1.82, 2.24) is 10.6 Å². The molecule has 226 valence electrons. The molecule has 0 unspecified atom stereocenters. The zero-order chi connectivity index (χ0) is 29.6. The van der Waals surface area contributed by atoms with Gasteiger partial charge in [-0.3, -0.25) is 4.79 Å². The van der Waals surface area contributed by atoms with Crippen LogP contribution in [0.5, 0.6) is 11.5 Å². The third-order valence-electron chi connectivity index (χ3n) is 7.49. The maximum atomic E-state index is 12.6. The van der Waals surface area contributed by atoms with Crippen molar-refractivity contribution in [2.75, 3.05) is 53.7 Å². The van der Waals surface area contributed by atoms with E-state index >= 15 is 0 Å². The van der Waals surface area contributed by atoms with Crippen LogP contribution < -0.4 is 20.1 Å². The summed E-state index contributed by atoms with van der Waals surface area (Å²) in [6, 6.07) is 22.2. The van der Waals surface area contributed by atoms with E-state index in [9.17, 15) is 4.79 Å². The van der Waals surface area contributed by atoms with Gasteiger partial charge in [0.25, 0.3) is 5.91 Å². The lowest BCUT2D eigenvalue weighted by Gasteiger charge is -2.32. The number of para-hydroxylation sites is 1. The Morgan fingerprint density at radius 3 is 2.62 bits per heavy atom. The van der Waals surface area contributed by atoms with Crippen LogP contribution in [0.3, 0.4) is 0 Å². The van der Waals surface area contributed by atoms with Crippen LogP contribution in [0.25, 0.3) is 0 Å². The van der Waals surface area contributed by atoms with Gasteiger partial charge in [0, 0.05) is 43.7 Å². The Balaban J connectivity index is 1.23. The fraction of sp³-hybridized carbons (Fsp3) is 0.441. The molecule has 1 saturated heterocycles. The minimum absolute atomic E-state index is 0.0335. The second kappa shape index (κ2) is 16.9. The summed E-state index contributed by atoms with van der Waals surface area (Å²) in [6.45, 7) is 6.82. The van der Waals surface area contributed by atoms with Crippen LogP contribution in [0.1, 0.15) is 51.4 Å². The largest absolute Gasteiger partial charge is 0.496 e. The summed E-state index contributed by atoms with van der Waals surface area (Å²) in [6.07, 6.45) is 1.83. The highest BCUT2D eigenvalue weighted by Gasteiger charge is 2.27. The molecule has 1 aliphatic heterocycles. The van der Waals surface area contributed by atoms with Gasteiger partial charge in [-0.15, -0.1) is 0 Å². The summed E-state index contributed by atoms with van der Waals surface area (Å²) < 4.78 is 28.6. The number of rotatable bonds is 16. The molecule has 0 radical (unpaired) electrons. The summed E-state index contributed by atoms with van der Waals surface area (Å²) in [7, 11) is 3.29. The maximum absolute atomic E-state index is 12.6. The fourth-order valence-corrected chi connectivity index (χ4v) is 5.12. The molecule has 4 rings (SSSR count). The number of hydrogen-bond acceptors (Lipinski definition) is 7. The van der Waals surface area contributed by atoms with Gasteiger partial charge in [-0.05, 0) is 60.8 Å². The molecule has 1 fully saturated rings. The van der Waals surface area contributed by atoms with E-state index in [1.165, 1.54) is 5.56 Å². The van der Waals surface area contributed by atoms with Gasteiger partial charge < -0.3 is 34.3 Å². The lowest BCUT2D eigenvalue weighted by atomic mass is 9.87. The standard InChI is InChI=1S/C34H44N2O6/c1-25-9-10-26(21-31(25)34(37)36-17-20-38-2)23-42-33-22-35-16-15-30(33)27-11-13-29(14-12-27)41-19-6-18-40-24-28-7-4-5-8-32(28)39-3/h4-5,7-14,21,30,33,35H,6,15-20,22-24H2,1-3H3,(H,36,37)/t30-,33+/m1/s1. The molecule has 42 heavy (non-hydrogen) atoms. The molecule has 1 aliphatic rings. The van der Waals surface area contributed by atoms with Gasteiger partial charge >= 0.3 is 0 Å². The lowest BCUT2D eigenvalue weighted by molar-refractivity contribution is 0.0106. The monoisotopic (exact) mass is 576 g/mol. The molecule has 2 N–H and O–H groups in total. The highest BCUT2D eigenvalue weighted by atomic mass is 16.5. The minimum Gasteiger partial charge on any atom is -0.496 e. The minimum atomic E-state index is -0.0914. The molecule has 1 heterocycles.